The molecule has 0 saturated carbocycles. The molecule has 0 spiro atoms. The largest absolute Gasteiger partial charge is 0.314 e. The minimum absolute atomic E-state index is 0.533. The Morgan fingerprint density at radius 1 is 1.62 bits per heavy atom. The van der Waals surface area contributed by atoms with E-state index >= 15 is 0 Å². The summed E-state index contributed by atoms with van der Waals surface area (Å²) in [5.74, 6) is 0. The predicted molar refractivity (Wildman–Crippen MR) is 64.0 cm³/mol. The minimum Gasteiger partial charge on any atom is -0.314 e. The maximum absolute atomic E-state index is 4.19. The Labute approximate surface area is 96.9 Å². The van der Waals surface area contributed by atoms with Crippen LogP contribution in [0.3, 0.4) is 0 Å². The molecule has 1 saturated heterocycles. The Balaban J connectivity index is 1.69. The third kappa shape index (κ3) is 3.54. The van der Waals surface area contributed by atoms with E-state index < -0.39 is 0 Å². The SMILES string of the molecule is CC(CC1CCCN1)NCc1ccncn1. The van der Waals surface area contributed by atoms with E-state index in [1.54, 1.807) is 12.5 Å². The molecule has 16 heavy (non-hydrogen) atoms. The van der Waals surface area contributed by atoms with Crippen LogP contribution in [0.5, 0.6) is 0 Å². The quantitative estimate of drug-likeness (QED) is 0.780. The van der Waals surface area contributed by atoms with E-state index in [0.717, 1.165) is 12.2 Å². The van der Waals surface area contributed by atoms with Gasteiger partial charge in [0, 0.05) is 24.8 Å². The van der Waals surface area contributed by atoms with Gasteiger partial charge in [-0.25, -0.2) is 9.97 Å². The first-order chi connectivity index (χ1) is 7.84. The van der Waals surface area contributed by atoms with Gasteiger partial charge < -0.3 is 10.6 Å². The van der Waals surface area contributed by atoms with Crippen LogP contribution in [0.15, 0.2) is 18.6 Å². The molecule has 0 bridgehead atoms. The molecule has 88 valence electrons. The van der Waals surface area contributed by atoms with Gasteiger partial charge in [-0.2, -0.15) is 0 Å². The molecule has 2 unspecified atom stereocenters. The van der Waals surface area contributed by atoms with Crippen molar-refractivity contribution in [2.75, 3.05) is 6.54 Å². The van der Waals surface area contributed by atoms with Crippen molar-refractivity contribution in [2.45, 2.75) is 44.8 Å². The highest BCUT2D eigenvalue weighted by molar-refractivity contribution is 4.97. The van der Waals surface area contributed by atoms with Gasteiger partial charge in [-0.05, 0) is 38.8 Å². The molecule has 4 heteroatoms. The Kier molecular flexibility index (Phi) is 4.25. The second-order valence-electron chi connectivity index (χ2n) is 4.51. The van der Waals surface area contributed by atoms with Crippen LogP contribution in [-0.4, -0.2) is 28.6 Å². The lowest BCUT2D eigenvalue weighted by molar-refractivity contribution is 0.438. The smallest absolute Gasteiger partial charge is 0.115 e. The average molecular weight is 220 g/mol. The third-order valence-corrected chi connectivity index (χ3v) is 3.08. The van der Waals surface area contributed by atoms with Crippen LogP contribution in [0.25, 0.3) is 0 Å². The van der Waals surface area contributed by atoms with Gasteiger partial charge in [0.15, 0.2) is 0 Å². The Morgan fingerprint density at radius 2 is 2.56 bits per heavy atom. The summed E-state index contributed by atoms with van der Waals surface area (Å²) in [6, 6.07) is 3.19. The second-order valence-corrected chi connectivity index (χ2v) is 4.51. The number of rotatable bonds is 5. The van der Waals surface area contributed by atoms with Crippen molar-refractivity contribution < 1.29 is 0 Å². The van der Waals surface area contributed by atoms with Crippen molar-refractivity contribution in [3.8, 4) is 0 Å². The first kappa shape index (κ1) is 11.5. The van der Waals surface area contributed by atoms with E-state index in [0.29, 0.717) is 12.1 Å². The fourth-order valence-corrected chi connectivity index (χ4v) is 2.17. The molecule has 1 aromatic rings. The van der Waals surface area contributed by atoms with Gasteiger partial charge in [0.05, 0.1) is 5.69 Å². The van der Waals surface area contributed by atoms with E-state index in [-0.39, 0.29) is 0 Å². The molecule has 1 aliphatic heterocycles. The van der Waals surface area contributed by atoms with Gasteiger partial charge in [-0.3, -0.25) is 0 Å². The predicted octanol–water partition coefficient (Wildman–Crippen LogP) is 1.10. The molecular formula is C12H20N4. The Hall–Kier alpha value is -1.00. The molecular weight excluding hydrogens is 200 g/mol. The van der Waals surface area contributed by atoms with Crippen LogP contribution in [0.4, 0.5) is 0 Å². The fourth-order valence-electron chi connectivity index (χ4n) is 2.17. The Morgan fingerprint density at radius 3 is 3.25 bits per heavy atom. The molecule has 0 amide bonds. The van der Waals surface area contributed by atoms with Gasteiger partial charge in [-0.1, -0.05) is 0 Å². The van der Waals surface area contributed by atoms with E-state index in [4.69, 9.17) is 0 Å². The lowest BCUT2D eigenvalue weighted by Crippen LogP contribution is -2.33. The molecule has 2 N–H and O–H groups in total. The highest BCUT2D eigenvalue weighted by Crippen LogP contribution is 2.10. The molecule has 0 aromatic carbocycles. The monoisotopic (exact) mass is 220 g/mol. The number of nitrogens with one attached hydrogen (secondary N) is 2. The van der Waals surface area contributed by atoms with E-state index in [1.165, 1.54) is 25.8 Å². The maximum Gasteiger partial charge on any atom is 0.115 e. The van der Waals surface area contributed by atoms with Crippen LogP contribution < -0.4 is 10.6 Å². The summed E-state index contributed by atoms with van der Waals surface area (Å²) in [4.78, 5) is 8.10. The van der Waals surface area contributed by atoms with Crippen molar-refractivity contribution in [1.29, 1.82) is 0 Å². The zero-order chi connectivity index (χ0) is 11.2. The summed E-state index contributed by atoms with van der Waals surface area (Å²) >= 11 is 0. The summed E-state index contributed by atoms with van der Waals surface area (Å²) in [6.45, 7) is 4.25. The van der Waals surface area contributed by atoms with Gasteiger partial charge in [-0.15, -0.1) is 0 Å². The standard InChI is InChI=1S/C12H20N4/c1-10(7-11-3-2-5-14-11)15-8-12-4-6-13-9-16-12/h4,6,9-11,14-15H,2-3,5,7-8H2,1H3. The zero-order valence-electron chi connectivity index (χ0n) is 9.82. The van der Waals surface area contributed by atoms with Crippen molar-refractivity contribution in [3.63, 3.8) is 0 Å². The van der Waals surface area contributed by atoms with Gasteiger partial charge in [0.1, 0.15) is 6.33 Å². The van der Waals surface area contributed by atoms with Gasteiger partial charge in [0.2, 0.25) is 0 Å². The summed E-state index contributed by atoms with van der Waals surface area (Å²) in [7, 11) is 0. The van der Waals surface area contributed by atoms with Crippen LogP contribution >= 0.6 is 0 Å². The first-order valence-electron chi connectivity index (χ1n) is 6.06. The van der Waals surface area contributed by atoms with Crippen LogP contribution in [0.2, 0.25) is 0 Å². The van der Waals surface area contributed by atoms with Crippen molar-refractivity contribution in [3.05, 3.63) is 24.3 Å². The lowest BCUT2D eigenvalue weighted by Gasteiger charge is -2.17. The number of hydrogen-bond donors (Lipinski definition) is 2. The van der Waals surface area contributed by atoms with Crippen molar-refractivity contribution in [2.24, 2.45) is 0 Å². The Bertz CT molecular complexity index is 295. The molecule has 1 aliphatic rings. The van der Waals surface area contributed by atoms with Crippen LogP contribution in [0, 0.1) is 0 Å². The normalized spacial score (nSPS) is 22.2. The summed E-state index contributed by atoms with van der Waals surface area (Å²) in [6.07, 6.45) is 7.22. The first-order valence-corrected chi connectivity index (χ1v) is 6.06. The zero-order valence-corrected chi connectivity index (χ0v) is 9.82. The average Bonchev–Trinajstić information content (AvgIpc) is 2.81. The summed E-state index contributed by atoms with van der Waals surface area (Å²) in [5, 5.41) is 7.02. The highest BCUT2D eigenvalue weighted by Gasteiger charge is 2.16. The van der Waals surface area contributed by atoms with Gasteiger partial charge in [0.25, 0.3) is 0 Å². The molecule has 2 atom stereocenters. The van der Waals surface area contributed by atoms with E-state index in [1.807, 2.05) is 6.07 Å². The van der Waals surface area contributed by atoms with Crippen LogP contribution in [0.1, 0.15) is 31.9 Å². The highest BCUT2D eigenvalue weighted by atomic mass is 15.0. The second kappa shape index (κ2) is 5.92. The van der Waals surface area contributed by atoms with Crippen molar-refractivity contribution in [1.82, 2.24) is 20.6 Å². The lowest BCUT2D eigenvalue weighted by atomic mass is 10.1. The molecule has 1 aromatic heterocycles. The number of aromatic nitrogens is 2. The maximum atomic E-state index is 4.19. The third-order valence-electron chi connectivity index (χ3n) is 3.08. The molecule has 0 aliphatic carbocycles. The molecule has 0 radical (unpaired) electrons. The summed E-state index contributed by atoms with van der Waals surface area (Å²) in [5.41, 5.74) is 1.06. The molecule has 2 rings (SSSR count). The summed E-state index contributed by atoms with van der Waals surface area (Å²) < 4.78 is 0. The van der Waals surface area contributed by atoms with Gasteiger partial charge >= 0.3 is 0 Å². The molecule has 1 fully saturated rings. The fraction of sp³-hybridized carbons (Fsp3) is 0.667. The van der Waals surface area contributed by atoms with E-state index in [9.17, 15) is 0 Å². The minimum atomic E-state index is 0.533. The topological polar surface area (TPSA) is 49.8 Å². The van der Waals surface area contributed by atoms with Crippen molar-refractivity contribution >= 4 is 0 Å². The van der Waals surface area contributed by atoms with E-state index in [2.05, 4.69) is 27.5 Å². The van der Waals surface area contributed by atoms with Crippen LogP contribution in [-0.2, 0) is 6.54 Å². The molecule has 2 heterocycles. The number of hydrogen-bond acceptors (Lipinski definition) is 4. The number of nitrogens with zero attached hydrogens (tertiary/aromatic N) is 2. The molecule has 4 nitrogen and oxygen atoms in total.